The van der Waals surface area contributed by atoms with E-state index in [1.54, 1.807) is 0 Å². The van der Waals surface area contributed by atoms with Gasteiger partial charge in [0.1, 0.15) is 11.6 Å². The van der Waals surface area contributed by atoms with Gasteiger partial charge in [0, 0.05) is 25.1 Å². The van der Waals surface area contributed by atoms with Gasteiger partial charge in [0.15, 0.2) is 0 Å². The third-order valence-electron chi connectivity index (χ3n) is 2.40. The summed E-state index contributed by atoms with van der Waals surface area (Å²) in [7, 11) is 0. The predicted molar refractivity (Wildman–Crippen MR) is 65.6 cm³/mol. The van der Waals surface area contributed by atoms with Gasteiger partial charge in [-0.15, -0.1) is 0 Å². The van der Waals surface area contributed by atoms with Crippen LogP contribution in [0.3, 0.4) is 0 Å². The fourth-order valence-corrected chi connectivity index (χ4v) is 1.56. The Hall–Kier alpha value is -1.36. The second-order valence-electron chi connectivity index (χ2n) is 3.80. The highest BCUT2D eigenvalue weighted by molar-refractivity contribution is 5.34. The second-order valence-corrected chi connectivity index (χ2v) is 3.80. The van der Waals surface area contributed by atoms with Crippen molar-refractivity contribution in [1.82, 2.24) is 9.97 Å². The molecule has 1 aromatic rings. The average Bonchev–Trinajstić information content (AvgIpc) is 2.27. The van der Waals surface area contributed by atoms with Crippen molar-refractivity contribution >= 4 is 5.82 Å². The molecule has 0 spiro atoms. The molecule has 0 radical (unpaired) electrons. The molecule has 4 N–H and O–H groups in total. The normalized spacial score (nSPS) is 12.4. The predicted octanol–water partition coefficient (Wildman–Crippen LogP) is 0.872. The summed E-state index contributed by atoms with van der Waals surface area (Å²) in [6, 6.07) is 1.65. The van der Waals surface area contributed by atoms with Crippen LogP contribution in [0.2, 0.25) is 0 Å². The van der Waals surface area contributed by atoms with Gasteiger partial charge in [-0.2, -0.15) is 0 Å². The summed E-state index contributed by atoms with van der Waals surface area (Å²) in [5, 5.41) is 3.19. The quantitative estimate of drug-likeness (QED) is 0.669. The van der Waals surface area contributed by atoms with Crippen LogP contribution in [-0.4, -0.2) is 22.6 Å². The molecule has 0 aliphatic carbocycles. The number of H-pyrrole nitrogens is 1. The van der Waals surface area contributed by atoms with Crippen molar-refractivity contribution in [3.8, 4) is 0 Å². The number of hydrogen-bond donors (Lipinski definition) is 3. The van der Waals surface area contributed by atoms with Crippen molar-refractivity contribution in [2.75, 3.05) is 11.9 Å². The van der Waals surface area contributed by atoms with E-state index >= 15 is 0 Å². The van der Waals surface area contributed by atoms with E-state index in [1.165, 1.54) is 6.07 Å². The lowest BCUT2D eigenvalue weighted by Crippen LogP contribution is -2.30. The number of nitrogens with two attached hydrogens (primary N) is 1. The van der Waals surface area contributed by atoms with Crippen LogP contribution in [0, 0.1) is 0 Å². The van der Waals surface area contributed by atoms with Gasteiger partial charge >= 0.3 is 0 Å². The molecule has 1 aromatic heterocycles. The highest BCUT2D eigenvalue weighted by Crippen LogP contribution is 2.05. The minimum absolute atomic E-state index is 0.124. The van der Waals surface area contributed by atoms with Gasteiger partial charge in [-0.1, -0.05) is 20.3 Å². The summed E-state index contributed by atoms with van der Waals surface area (Å²) in [5.41, 5.74) is 5.52. The fraction of sp³-hybridized carbons (Fsp3) is 0.636. The summed E-state index contributed by atoms with van der Waals surface area (Å²) in [6.45, 7) is 4.60. The van der Waals surface area contributed by atoms with Gasteiger partial charge in [-0.05, 0) is 6.42 Å². The number of aromatic amines is 1. The van der Waals surface area contributed by atoms with Crippen LogP contribution in [0.25, 0.3) is 0 Å². The second kappa shape index (κ2) is 6.27. The molecule has 5 nitrogen and oxygen atoms in total. The molecule has 5 heteroatoms. The summed E-state index contributed by atoms with van der Waals surface area (Å²) in [5.74, 6) is 1.31. The van der Waals surface area contributed by atoms with Gasteiger partial charge in [-0.3, -0.25) is 4.79 Å². The minimum atomic E-state index is -0.124. The Morgan fingerprint density at radius 3 is 2.88 bits per heavy atom. The van der Waals surface area contributed by atoms with Crippen molar-refractivity contribution in [3.05, 3.63) is 22.2 Å². The summed E-state index contributed by atoms with van der Waals surface area (Å²) in [6.07, 6.45) is 2.75. The highest BCUT2D eigenvalue weighted by Gasteiger charge is 2.07. The zero-order valence-electron chi connectivity index (χ0n) is 9.92. The van der Waals surface area contributed by atoms with E-state index in [1.807, 2.05) is 6.92 Å². The third kappa shape index (κ3) is 3.66. The van der Waals surface area contributed by atoms with Crippen molar-refractivity contribution in [3.63, 3.8) is 0 Å². The third-order valence-corrected chi connectivity index (χ3v) is 2.40. The first-order chi connectivity index (χ1) is 7.69. The number of nitrogens with one attached hydrogen (secondary N) is 2. The lowest BCUT2D eigenvalue weighted by molar-refractivity contribution is 0.644. The first-order valence-corrected chi connectivity index (χ1v) is 5.76. The molecule has 16 heavy (non-hydrogen) atoms. The standard InChI is InChI=1S/C11H20N4O/c1-3-5-8(7-12)13-10-6-11(16)15-9(4-2)14-10/h6,8H,3-5,7,12H2,1-2H3,(H2,13,14,15,16). The summed E-state index contributed by atoms with van der Waals surface area (Å²) >= 11 is 0. The molecule has 0 saturated heterocycles. The Morgan fingerprint density at radius 2 is 2.31 bits per heavy atom. The number of aromatic nitrogens is 2. The maximum absolute atomic E-state index is 11.3. The molecule has 1 heterocycles. The molecule has 0 aliphatic rings. The monoisotopic (exact) mass is 224 g/mol. The van der Waals surface area contributed by atoms with E-state index in [-0.39, 0.29) is 11.6 Å². The largest absolute Gasteiger partial charge is 0.366 e. The van der Waals surface area contributed by atoms with E-state index in [0.717, 1.165) is 12.8 Å². The lowest BCUT2D eigenvalue weighted by Gasteiger charge is -2.16. The minimum Gasteiger partial charge on any atom is -0.366 e. The Balaban J connectivity index is 2.79. The number of anilines is 1. The van der Waals surface area contributed by atoms with Crippen LogP contribution in [0.4, 0.5) is 5.82 Å². The Kier molecular flexibility index (Phi) is 4.98. The van der Waals surface area contributed by atoms with Gasteiger partial charge in [0.05, 0.1) is 0 Å². The van der Waals surface area contributed by atoms with Crippen molar-refractivity contribution in [2.45, 2.75) is 39.2 Å². The van der Waals surface area contributed by atoms with Gasteiger partial charge < -0.3 is 16.0 Å². The number of nitrogens with zero attached hydrogens (tertiary/aromatic N) is 1. The molecule has 0 fully saturated rings. The van der Waals surface area contributed by atoms with Crippen molar-refractivity contribution < 1.29 is 0 Å². The topological polar surface area (TPSA) is 83.8 Å². The van der Waals surface area contributed by atoms with Gasteiger partial charge in [0.25, 0.3) is 5.56 Å². The summed E-state index contributed by atoms with van der Waals surface area (Å²) < 4.78 is 0. The fourth-order valence-electron chi connectivity index (χ4n) is 1.56. The van der Waals surface area contributed by atoms with Crippen LogP contribution in [0.5, 0.6) is 0 Å². The van der Waals surface area contributed by atoms with Gasteiger partial charge in [0.2, 0.25) is 0 Å². The number of hydrogen-bond acceptors (Lipinski definition) is 4. The molecule has 0 aliphatic heterocycles. The molecular weight excluding hydrogens is 204 g/mol. The summed E-state index contributed by atoms with van der Waals surface area (Å²) in [4.78, 5) is 18.3. The Labute approximate surface area is 95.5 Å². The van der Waals surface area contributed by atoms with Crippen molar-refractivity contribution in [2.24, 2.45) is 5.73 Å². The first kappa shape index (κ1) is 12.7. The van der Waals surface area contributed by atoms with Crippen LogP contribution < -0.4 is 16.6 Å². The lowest BCUT2D eigenvalue weighted by atomic mass is 10.2. The molecule has 1 unspecified atom stereocenters. The molecule has 1 rings (SSSR count). The maximum Gasteiger partial charge on any atom is 0.252 e. The molecule has 0 bridgehead atoms. The van der Waals surface area contributed by atoms with Crippen LogP contribution in [0.15, 0.2) is 10.9 Å². The molecule has 0 amide bonds. The molecular formula is C11H20N4O. The van der Waals surface area contributed by atoms with Crippen LogP contribution in [0.1, 0.15) is 32.5 Å². The van der Waals surface area contributed by atoms with Crippen LogP contribution in [-0.2, 0) is 6.42 Å². The average molecular weight is 224 g/mol. The van der Waals surface area contributed by atoms with E-state index in [2.05, 4.69) is 22.2 Å². The smallest absolute Gasteiger partial charge is 0.252 e. The SMILES string of the molecule is CCCC(CN)Nc1cc(=O)[nH]c(CC)n1. The van der Waals surface area contributed by atoms with Crippen LogP contribution >= 0.6 is 0 Å². The number of rotatable bonds is 6. The van der Waals surface area contributed by atoms with Crippen molar-refractivity contribution in [1.29, 1.82) is 0 Å². The first-order valence-electron chi connectivity index (χ1n) is 5.76. The van der Waals surface area contributed by atoms with E-state index in [0.29, 0.717) is 24.6 Å². The van der Waals surface area contributed by atoms with E-state index < -0.39 is 0 Å². The molecule has 1 atom stereocenters. The maximum atomic E-state index is 11.3. The zero-order chi connectivity index (χ0) is 12.0. The molecule has 90 valence electrons. The molecule has 0 aromatic carbocycles. The highest BCUT2D eigenvalue weighted by atomic mass is 16.1. The zero-order valence-corrected chi connectivity index (χ0v) is 9.92. The number of aryl methyl sites for hydroxylation is 1. The molecule has 0 saturated carbocycles. The van der Waals surface area contributed by atoms with E-state index in [9.17, 15) is 4.79 Å². The Bertz CT molecular complexity index is 374. The van der Waals surface area contributed by atoms with Gasteiger partial charge in [-0.25, -0.2) is 4.98 Å². The van der Waals surface area contributed by atoms with E-state index in [4.69, 9.17) is 5.73 Å². The Morgan fingerprint density at radius 1 is 1.56 bits per heavy atom.